The van der Waals surface area contributed by atoms with Gasteiger partial charge in [-0.3, -0.25) is 0 Å². The van der Waals surface area contributed by atoms with E-state index in [2.05, 4.69) is 198 Å². The lowest BCUT2D eigenvalue weighted by atomic mass is 9.43. The number of ether oxygens (including phenoxy) is 4. The maximum Gasteiger partial charge on any atom is 0.119 e. The Balaban J connectivity index is 1.27. The van der Waals surface area contributed by atoms with E-state index in [0.29, 0.717) is 26.4 Å². The molecule has 4 heteroatoms. The minimum Gasteiger partial charge on any atom is -0.494 e. The summed E-state index contributed by atoms with van der Waals surface area (Å²) in [6.45, 7) is 11.9. The Labute approximate surface area is 494 Å². The van der Waals surface area contributed by atoms with Crippen LogP contribution in [0, 0.1) is 0 Å². The number of hydrogen-bond donors (Lipinski definition) is 0. The molecule has 1 aliphatic carbocycles. The molecular weight excluding hydrogens is 1000 g/mol. The van der Waals surface area contributed by atoms with E-state index >= 15 is 0 Å². The Morgan fingerprint density at radius 1 is 0.244 bits per heavy atom. The predicted octanol–water partition coefficient (Wildman–Crippen LogP) is 22.3. The summed E-state index contributed by atoms with van der Waals surface area (Å²) in [5.74, 6) is 3.60. The van der Waals surface area contributed by atoms with Gasteiger partial charge in [0.2, 0.25) is 0 Å². The highest BCUT2D eigenvalue weighted by molar-refractivity contribution is 6.11. The number of rotatable bonds is 36. The Hall–Kier alpha value is -6.52. The highest BCUT2D eigenvalue weighted by Gasteiger charge is 2.62. The quantitative estimate of drug-likeness (QED) is 0.0367. The summed E-state index contributed by atoms with van der Waals surface area (Å²) < 4.78 is 26.6. The van der Waals surface area contributed by atoms with Crippen molar-refractivity contribution in [3.05, 3.63) is 203 Å². The molecule has 0 atom stereocenters. The summed E-state index contributed by atoms with van der Waals surface area (Å²) in [5, 5.41) is 4.92. The monoisotopic (exact) mass is 1100 g/mol. The van der Waals surface area contributed by atoms with Crippen molar-refractivity contribution in [3.8, 4) is 34.1 Å². The molecule has 9 rings (SSSR count). The molecule has 0 radical (unpaired) electrons. The molecule has 0 aromatic heterocycles. The molecule has 8 aromatic carbocycles. The molecule has 0 saturated carbocycles. The van der Waals surface area contributed by atoms with Gasteiger partial charge in [-0.25, -0.2) is 0 Å². The average Bonchev–Trinajstić information content (AvgIpc) is 0.752. The van der Waals surface area contributed by atoms with Crippen molar-refractivity contribution in [2.75, 3.05) is 26.4 Å². The third-order valence-electron chi connectivity index (χ3n) is 17.7. The van der Waals surface area contributed by atoms with Crippen LogP contribution >= 0.6 is 0 Å². The average molecular weight is 1100 g/mol. The van der Waals surface area contributed by atoms with Gasteiger partial charge >= 0.3 is 0 Å². The number of unbranched alkanes of at least 4 members (excludes halogenated alkanes) is 20. The van der Waals surface area contributed by atoms with Gasteiger partial charge in [-0.05, 0) is 140 Å². The first-order chi connectivity index (χ1) is 40.6. The molecule has 0 fully saturated rings. The van der Waals surface area contributed by atoms with E-state index in [1.54, 1.807) is 0 Å². The standard InChI is InChI=1S/C78H96O4/c1-5-9-13-17-21-29-57-79-67-47-39-63(40-48-67)77(64-41-49-68(50-42-64)80-58-30-22-18-14-10-6-2)73-55-37-61-33-25-27-35-71(61)75(73)76-72-36-28-26-34-62(72)38-56-74(76)78(77,65-43-51-69(52-44-65)81-59-31-23-19-15-11-7-3)66-45-53-70(54-46-66)82-60-32-24-20-16-12-8-4/h25-28,33-56H,5-24,29-32,57-60H2,1-4H3. The molecular formula is C78H96O4. The van der Waals surface area contributed by atoms with Crippen molar-refractivity contribution in [1.82, 2.24) is 0 Å². The van der Waals surface area contributed by atoms with Gasteiger partial charge in [0.1, 0.15) is 23.0 Å². The Morgan fingerprint density at radius 3 is 0.756 bits per heavy atom. The van der Waals surface area contributed by atoms with Crippen molar-refractivity contribution < 1.29 is 18.9 Å². The van der Waals surface area contributed by atoms with Crippen LogP contribution in [0.5, 0.6) is 23.0 Å². The topological polar surface area (TPSA) is 36.9 Å². The third kappa shape index (κ3) is 13.9. The summed E-state index contributed by atoms with van der Waals surface area (Å²) in [5.41, 5.74) is 7.99. The largest absolute Gasteiger partial charge is 0.494 e. The van der Waals surface area contributed by atoms with Gasteiger partial charge in [-0.15, -0.1) is 0 Å². The number of benzene rings is 8. The number of hydrogen-bond acceptors (Lipinski definition) is 4. The van der Waals surface area contributed by atoms with E-state index in [1.807, 2.05) is 0 Å². The molecule has 0 bridgehead atoms. The van der Waals surface area contributed by atoms with Crippen LogP contribution in [0.15, 0.2) is 170 Å². The second-order valence-corrected chi connectivity index (χ2v) is 23.5. The highest BCUT2D eigenvalue weighted by Crippen LogP contribution is 2.67. The zero-order valence-electron chi connectivity index (χ0n) is 50.6. The third-order valence-corrected chi connectivity index (χ3v) is 17.7. The fourth-order valence-corrected chi connectivity index (χ4v) is 13.4. The molecule has 4 nitrogen and oxygen atoms in total. The fourth-order valence-electron chi connectivity index (χ4n) is 13.4. The SMILES string of the molecule is CCCCCCCCOc1ccc(C2(c3ccc(OCCCCCCCC)cc3)c3ccc4ccccc4c3-c3c(ccc4ccccc34)C2(c2ccc(OCCCCCCCC)cc2)c2ccc(OCCCCCCCC)cc2)cc1. The molecule has 0 N–H and O–H groups in total. The molecule has 0 spiro atoms. The summed E-state index contributed by atoms with van der Waals surface area (Å²) in [7, 11) is 0. The second-order valence-electron chi connectivity index (χ2n) is 23.5. The Bertz CT molecular complexity index is 2800. The van der Waals surface area contributed by atoms with Crippen LogP contribution in [0.25, 0.3) is 32.7 Å². The van der Waals surface area contributed by atoms with Crippen LogP contribution in [-0.2, 0) is 10.8 Å². The summed E-state index contributed by atoms with van der Waals surface area (Å²) in [6, 6.07) is 64.8. The van der Waals surface area contributed by atoms with Gasteiger partial charge in [-0.2, -0.15) is 0 Å². The maximum absolute atomic E-state index is 6.65. The van der Waals surface area contributed by atoms with Gasteiger partial charge < -0.3 is 18.9 Å². The molecule has 8 aromatic rings. The molecule has 432 valence electrons. The van der Waals surface area contributed by atoms with Gasteiger partial charge in [0.15, 0.2) is 0 Å². The van der Waals surface area contributed by atoms with Crippen molar-refractivity contribution in [2.24, 2.45) is 0 Å². The lowest BCUT2D eigenvalue weighted by Crippen LogP contribution is -2.55. The van der Waals surface area contributed by atoms with E-state index in [9.17, 15) is 0 Å². The molecule has 0 heterocycles. The Kier molecular flexibility index (Phi) is 22.9. The van der Waals surface area contributed by atoms with Crippen LogP contribution in [0.3, 0.4) is 0 Å². The van der Waals surface area contributed by atoms with Crippen molar-refractivity contribution in [1.29, 1.82) is 0 Å². The van der Waals surface area contributed by atoms with E-state index < -0.39 is 10.8 Å². The zero-order valence-corrected chi connectivity index (χ0v) is 50.6. The van der Waals surface area contributed by atoms with Crippen LogP contribution in [0.1, 0.15) is 215 Å². The van der Waals surface area contributed by atoms with E-state index in [0.717, 1.165) is 48.7 Å². The zero-order chi connectivity index (χ0) is 56.7. The van der Waals surface area contributed by atoms with Crippen LogP contribution in [0.2, 0.25) is 0 Å². The Morgan fingerprint density at radius 2 is 0.488 bits per heavy atom. The van der Waals surface area contributed by atoms with Crippen LogP contribution in [0.4, 0.5) is 0 Å². The predicted molar refractivity (Wildman–Crippen MR) is 348 cm³/mol. The van der Waals surface area contributed by atoms with Crippen molar-refractivity contribution >= 4 is 21.5 Å². The van der Waals surface area contributed by atoms with Gasteiger partial charge in [0.25, 0.3) is 0 Å². The van der Waals surface area contributed by atoms with E-state index in [4.69, 9.17) is 18.9 Å². The van der Waals surface area contributed by atoms with Crippen LogP contribution in [-0.4, -0.2) is 26.4 Å². The maximum atomic E-state index is 6.65. The minimum atomic E-state index is -0.890. The highest BCUT2D eigenvalue weighted by atomic mass is 16.5. The molecule has 0 amide bonds. The summed E-state index contributed by atoms with van der Waals surface area (Å²) in [6.07, 6.45) is 29.4. The lowest BCUT2D eigenvalue weighted by molar-refractivity contribution is 0.302. The van der Waals surface area contributed by atoms with Gasteiger partial charge in [-0.1, -0.05) is 277 Å². The van der Waals surface area contributed by atoms with Crippen LogP contribution < -0.4 is 18.9 Å². The smallest absolute Gasteiger partial charge is 0.119 e. The first-order valence-corrected chi connectivity index (χ1v) is 32.6. The fraction of sp³-hybridized carbons (Fsp3) is 0.436. The molecule has 82 heavy (non-hydrogen) atoms. The first-order valence-electron chi connectivity index (χ1n) is 32.6. The second kappa shape index (κ2) is 31.2. The summed E-state index contributed by atoms with van der Waals surface area (Å²) in [4.78, 5) is 0. The minimum absolute atomic E-state index is 0.705. The van der Waals surface area contributed by atoms with Gasteiger partial charge in [0.05, 0.1) is 37.3 Å². The molecule has 0 saturated heterocycles. The van der Waals surface area contributed by atoms with Crippen molar-refractivity contribution in [3.63, 3.8) is 0 Å². The van der Waals surface area contributed by atoms with Crippen molar-refractivity contribution in [2.45, 2.75) is 193 Å². The summed E-state index contributed by atoms with van der Waals surface area (Å²) >= 11 is 0. The van der Waals surface area contributed by atoms with E-state index in [1.165, 1.54) is 194 Å². The molecule has 0 aliphatic heterocycles. The normalized spacial score (nSPS) is 13.2. The first kappa shape index (κ1) is 60.1. The lowest BCUT2D eigenvalue weighted by Gasteiger charge is -2.57. The van der Waals surface area contributed by atoms with E-state index in [-0.39, 0.29) is 0 Å². The van der Waals surface area contributed by atoms with Gasteiger partial charge in [0, 0.05) is 0 Å². The molecule has 1 aliphatic rings. The molecule has 0 unspecified atom stereocenters. The number of fused-ring (bicyclic) bond motifs is 7.